The van der Waals surface area contributed by atoms with Crippen molar-refractivity contribution in [2.45, 2.75) is 38.9 Å². The predicted molar refractivity (Wildman–Crippen MR) is 72.4 cm³/mol. The van der Waals surface area contributed by atoms with E-state index in [2.05, 4.69) is 52.3 Å². The maximum Gasteiger partial charge on any atom is 0.122 e. The van der Waals surface area contributed by atoms with Crippen molar-refractivity contribution in [3.63, 3.8) is 0 Å². The molecule has 1 fully saturated rings. The quantitative estimate of drug-likeness (QED) is 0.871. The smallest absolute Gasteiger partial charge is 0.122 e. The highest BCUT2D eigenvalue weighted by molar-refractivity contribution is 5.22. The van der Waals surface area contributed by atoms with Crippen LogP contribution in [0.4, 0.5) is 0 Å². The van der Waals surface area contributed by atoms with E-state index < -0.39 is 0 Å². The van der Waals surface area contributed by atoms with Crippen LogP contribution in [0.25, 0.3) is 0 Å². The van der Waals surface area contributed by atoms with Crippen LogP contribution < -0.4 is 5.32 Å². The summed E-state index contributed by atoms with van der Waals surface area (Å²) in [6.45, 7) is 3.92. The van der Waals surface area contributed by atoms with Gasteiger partial charge in [-0.3, -0.25) is 0 Å². The van der Waals surface area contributed by atoms with Crippen molar-refractivity contribution >= 4 is 0 Å². The maximum absolute atomic E-state index is 4.43. The van der Waals surface area contributed by atoms with Gasteiger partial charge >= 0.3 is 0 Å². The summed E-state index contributed by atoms with van der Waals surface area (Å²) in [5.74, 6) is 1.13. The zero-order valence-corrected chi connectivity index (χ0v) is 10.8. The second kappa shape index (κ2) is 4.94. The molecule has 0 unspecified atom stereocenters. The third-order valence-corrected chi connectivity index (χ3v) is 3.36. The summed E-state index contributed by atoms with van der Waals surface area (Å²) < 4.78 is 2.23. The zero-order chi connectivity index (χ0) is 12.4. The van der Waals surface area contributed by atoms with Gasteiger partial charge in [0.1, 0.15) is 5.82 Å². The van der Waals surface area contributed by atoms with Crippen LogP contribution in [0.1, 0.15) is 29.8 Å². The minimum atomic E-state index is 0.731. The van der Waals surface area contributed by atoms with Gasteiger partial charge in [0.25, 0.3) is 0 Å². The second-order valence-electron chi connectivity index (χ2n) is 5.12. The van der Waals surface area contributed by atoms with Crippen molar-refractivity contribution in [2.24, 2.45) is 0 Å². The fourth-order valence-electron chi connectivity index (χ4n) is 2.18. The van der Waals surface area contributed by atoms with Crippen molar-refractivity contribution < 1.29 is 0 Å². The molecule has 0 radical (unpaired) electrons. The van der Waals surface area contributed by atoms with Gasteiger partial charge in [0.05, 0.1) is 6.54 Å². The van der Waals surface area contributed by atoms with Crippen LogP contribution in [-0.2, 0) is 13.1 Å². The molecule has 1 saturated carbocycles. The summed E-state index contributed by atoms with van der Waals surface area (Å²) in [6.07, 6.45) is 6.59. The van der Waals surface area contributed by atoms with Crippen LogP contribution in [-0.4, -0.2) is 15.6 Å². The van der Waals surface area contributed by atoms with E-state index in [1.54, 1.807) is 0 Å². The average Bonchev–Trinajstić information content (AvgIpc) is 3.08. The monoisotopic (exact) mass is 241 g/mol. The molecule has 1 aliphatic carbocycles. The molecular formula is C15H19N3. The maximum atomic E-state index is 4.43. The molecule has 0 bridgehead atoms. The molecule has 1 aliphatic rings. The third kappa shape index (κ3) is 2.79. The molecule has 0 amide bonds. The minimum absolute atomic E-state index is 0.731. The molecule has 1 heterocycles. The molecule has 0 aliphatic heterocycles. The minimum Gasteiger partial charge on any atom is -0.329 e. The number of hydrogen-bond acceptors (Lipinski definition) is 2. The van der Waals surface area contributed by atoms with E-state index in [1.807, 2.05) is 6.20 Å². The van der Waals surface area contributed by atoms with Gasteiger partial charge < -0.3 is 9.88 Å². The first-order chi connectivity index (χ1) is 8.81. The molecule has 0 saturated heterocycles. The van der Waals surface area contributed by atoms with Gasteiger partial charge in [-0.05, 0) is 25.3 Å². The van der Waals surface area contributed by atoms with Gasteiger partial charge in [-0.15, -0.1) is 0 Å². The van der Waals surface area contributed by atoms with Gasteiger partial charge in [-0.2, -0.15) is 0 Å². The van der Waals surface area contributed by atoms with E-state index in [9.17, 15) is 0 Å². The number of hydrogen-bond donors (Lipinski definition) is 1. The van der Waals surface area contributed by atoms with E-state index in [1.165, 1.54) is 24.0 Å². The highest BCUT2D eigenvalue weighted by atomic mass is 15.1. The van der Waals surface area contributed by atoms with E-state index in [0.29, 0.717) is 0 Å². The Bertz CT molecular complexity index is 526. The molecule has 3 nitrogen and oxygen atoms in total. The zero-order valence-electron chi connectivity index (χ0n) is 10.8. The number of benzene rings is 1. The standard InChI is InChI=1S/C15H19N3/c1-12-3-2-4-13(9-12)11-18-8-7-16-15(18)10-17-14-5-6-14/h2-4,7-9,14,17H,5-6,10-11H2,1H3. The molecule has 0 spiro atoms. The number of nitrogens with zero attached hydrogens (tertiary/aromatic N) is 2. The lowest BCUT2D eigenvalue weighted by Gasteiger charge is -2.09. The van der Waals surface area contributed by atoms with E-state index in [4.69, 9.17) is 0 Å². The van der Waals surface area contributed by atoms with E-state index in [0.717, 1.165) is 25.0 Å². The van der Waals surface area contributed by atoms with Gasteiger partial charge in [0.2, 0.25) is 0 Å². The molecule has 2 aromatic rings. The summed E-state index contributed by atoms with van der Waals surface area (Å²) in [5.41, 5.74) is 2.64. The Morgan fingerprint density at radius 2 is 2.28 bits per heavy atom. The van der Waals surface area contributed by atoms with Crippen molar-refractivity contribution in [1.29, 1.82) is 0 Å². The summed E-state index contributed by atoms with van der Waals surface area (Å²) in [5, 5.41) is 3.51. The Balaban J connectivity index is 1.69. The third-order valence-electron chi connectivity index (χ3n) is 3.36. The van der Waals surface area contributed by atoms with Gasteiger partial charge in [-0.1, -0.05) is 29.8 Å². The molecule has 1 N–H and O–H groups in total. The predicted octanol–water partition coefficient (Wildman–Crippen LogP) is 2.49. The SMILES string of the molecule is Cc1cccc(Cn2ccnc2CNC2CC2)c1. The topological polar surface area (TPSA) is 29.9 Å². The van der Waals surface area contributed by atoms with Gasteiger partial charge in [0, 0.05) is 25.0 Å². The van der Waals surface area contributed by atoms with Crippen molar-refractivity contribution in [2.75, 3.05) is 0 Å². The highest BCUT2D eigenvalue weighted by Gasteiger charge is 2.20. The molecule has 1 aromatic heterocycles. The van der Waals surface area contributed by atoms with Crippen LogP contribution in [0.2, 0.25) is 0 Å². The molecular weight excluding hydrogens is 222 g/mol. The number of aryl methyl sites for hydroxylation is 1. The Kier molecular flexibility index (Phi) is 3.15. The van der Waals surface area contributed by atoms with Gasteiger partial charge in [-0.25, -0.2) is 4.98 Å². The summed E-state index contributed by atoms with van der Waals surface area (Å²) in [4.78, 5) is 4.43. The number of aromatic nitrogens is 2. The van der Waals surface area contributed by atoms with Crippen LogP contribution >= 0.6 is 0 Å². The Morgan fingerprint density at radius 3 is 3.06 bits per heavy atom. The molecule has 3 heteroatoms. The van der Waals surface area contributed by atoms with Crippen LogP contribution in [0, 0.1) is 6.92 Å². The highest BCUT2D eigenvalue weighted by Crippen LogP contribution is 2.19. The fraction of sp³-hybridized carbons (Fsp3) is 0.400. The van der Waals surface area contributed by atoms with E-state index >= 15 is 0 Å². The first-order valence-electron chi connectivity index (χ1n) is 6.60. The summed E-state index contributed by atoms with van der Waals surface area (Å²) >= 11 is 0. The van der Waals surface area contributed by atoms with E-state index in [-0.39, 0.29) is 0 Å². The summed E-state index contributed by atoms with van der Waals surface area (Å²) in [6, 6.07) is 9.38. The lowest BCUT2D eigenvalue weighted by atomic mass is 10.1. The number of rotatable bonds is 5. The van der Waals surface area contributed by atoms with Crippen LogP contribution in [0.5, 0.6) is 0 Å². The summed E-state index contributed by atoms with van der Waals surface area (Å²) in [7, 11) is 0. The first kappa shape index (κ1) is 11.5. The molecule has 1 aromatic carbocycles. The normalized spacial score (nSPS) is 14.9. The second-order valence-corrected chi connectivity index (χ2v) is 5.12. The van der Waals surface area contributed by atoms with Crippen LogP contribution in [0.15, 0.2) is 36.7 Å². The molecule has 18 heavy (non-hydrogen) atoms. The molecule has 3 rings (SSSR count). The van der Waals surface area contributed by atoms with Gasteiger partial charge in [0.15, 0.2) is 0 Å². The molecule has 94 valence electrons. The number of nitrogens with one attached hydrogen (secondary N) is 1. The first-order valence-corrected chi connectivity index (χ1v) is 6.60. The Hall–Kier alpha value is -1.61. The Morgan fingerprint density at radius 1 is 1.39 bits per heavy atom. The largest absolute Gasteiger partial charge is 0.329 e. The lowest BCUT2D eigenvalue weighted by Crippen LogP contribution is -2.19. The number of imidazole rings is 1. The van der Waals surface area contributed by atoms with Crippen molar-refractivity contribution in [3.8, 4) is 0 Å². The lowest BCUT2D eigenvalue weighted by molar-refractivity contribution is 0.618. The fourth-order valence-corrected chi connectivity index (χ4v) is 2.18. The van der Waals surface area contributed by atoms with Crippen molar-refractivity contribution in [3.05, 3.63) is 53.6 Å². The van der Waals surface area contributed by atoms with Crippen LogP contribution in [0.3, 0.4) is 0 Å². The Labute approximate surface area is 108 Å². The average molecular weight is 241 g/mol. The molecule has 0 atom stereocenters. The van der Waals surface area contributed by atoms with Crippen molar-refractivity contribution in [1.82, 2.24) is 14.9 Å².